The number of β-lactam (4-membered cyclic amide) rings is 1. The SMILES string of the molecule is COc1ccc(N2C(=O)[C@@](C)(Oc3ccccc3)[C@H]2/C=C/c2ccccc2)cc1. The molecule has 2 atom stereocenters. The Balaban J connectivity index is 1.67. The van der Waals surface area contributed by atoms with Crippen LogP contribution < -0.4 is 14.4 Å². The lowest BCUT2D eigenvalue weighted by molar-refractivity contribution is -0.144. The van der Waals surface area contributed by atoms with Gasteiger partial charge in [0.2, 0.25) is 5.60 Å². The molecule has 3 aromatic carbocycles. The standard InChI is InChI=1S/C25H23NO3/c1-25(29-22-11-7-4-8-12-22)23(18-13-19-9-5-3-6-10-19)26(24(25)27)20-14-16-21(28-2)17-15-20/h3-18,23H,1-2H3/b18-13+/t23-,25+/m1/s1. The number of para-hydroxylation sites is 1. The molecule has 29 heavy (non-hydrogen) atoms. The molecule has 3 aromatic rings. The fraction of sp³-hybridized carbons (Fsp3) is 0.160. The second-order valence-corrected chi connectivity index (χ2v) is 7.11. The van der Waals surface area contributed by atoms with Gasteiger partial charge in [0.05, 0.1) is 7.11 Å². The summed E-state index contributed by atoms with van der Waals surface area (Å²) in [7, 11) is 1.62. The summed E-state index contributed by atoms with van der Waals surface area (Å²) in [6, 6.07) is 26.7. The molecule has 0 unspecified atom stereocenters. The third-order valence-electron chi connectivity index (χ3n) is 5.18. The Labute approximate surface area is 171 Å². The van der Waals surface area contributed by atoms with Gasteiger partial charge in [-0.15, -0.1) is 0 Å². The van der Waals surface area contributed by atoms with E-state index >= 15 is 0 Å². The minimum Gasteiger partial charge on any atom is -0.497 e. The highest BCUT2D eigenvalue weighted by Gasteiger charge is 2.59. The van der Waals surface area contributed by atoms with Gasteiger partial charge in [-0.1, -0.05) is 60.7 Å². The smallest absolute Gasteiger partial charge is 0.274 e. The molecular formula is C25H23NO3. The van der Waals surface area contributed by atoms with E-state index in [9.17, 15) is 4.79 Å². The Morgan fingerprint density at radius 2 is 1.48 bits per heavy atom. The van der Waals surface area contributed by atoms with E-state index in [-0.39, 0.29) is 11.9 Å². The molecule has 0 radical (unpaired) electrons. The summed E-state index contributed by atoms with van der Waals surface area (Å²) in [6.45, 7) is 1.85. The number of benzene rings is 3. The normalized spacial score (nSPS) is 21.1. The maximum Gasteiger partial charge on any atom is 0.274 e. The number of ether oxygens (including phenoxy) is 2. The summed E-state index contributed by atoms with van der Waals surface area (Å²) in [4.78, 5) is 15.0. The van der Waals surface area contributed by atoms with Crippen molar-refractivity contribution in [2.45, 2.75) is 18.6 Å². The van der Waals surface area contributed by atoms with Gasteiger partial charge in [-0.3, -0.25) is 9.69 Å². The molecule has 0 spiro atoms. The summed E-state index contributed by atoms with van der Waals surface area (Å²) < 4.78 is 11.4. The lowest BCUT2D eigenvalue weighted by Crippen LogP contribution is -2.74. The first-order valence-electron chi connectivity index (χ1n) is 9.57. The molecule has 1 saturated heterocycles. The number of amides is 1. The third kappa shape index (κ3) is 3.61. The van der Waals surface area contributed by atoms with Crippen molar-refractivity contribution in [3.05, 3.63) is 96.6 Å². The van der Waals surface area contributed by atoms with Gasteiger partial charge in [-0.2, -0.15) is 0 Å². The molecule has 0 aliphatic carbocycles. The molecular weight excluding hydrogens is 362 g/mol. The summed E-state index contributed by atoms with van der Waals surface area (Å²) >= 11 is 0. The molecule has 0 saturated carbocycles. The number of methoxy groups -OCH3 is 1. The molecule has 4 heteroatoms. The van der Waals surface area contributed by atoms with Crippen LogP contribution >= 0.6 is 0 Å². The van der Waals surface area contributed by atoms with Crippen molar-refractivity contribution < 1.29 is 14.3 Å². The van der Waals surface area contributed by atoms with Gasteiger partial charge in [0.25, 0.3) is 5.91 Å². The Bertz CT molecular complexity index is 999. The van der Waals surface area contributed by atoms with Crippen LogP contribution in [0.2, 0.25) is 0 Å². The fourth-order valence-electron chi connectivity index (χ4n) is 3.57. The zero-order valence-corrected chi connectivity index (χ0v) is 16.5. The molecule has 146 valence electrons. The summed E-state index contributed by atoms with van der Waals surface area (Å²) in [5.74, 6) is 1.35. The van der Waals surface area contributed by atoms with Crippen molar-refractivity contribution in [1.29, 1.82) is 0 Å². The molecule has 0 N–H and O–H groups in total. The molecule has 1 amide bonds. The summed E-state index contributed by atoms with van der Waals surface area (Å²) in [5.41, 5.74) is 0.906. The number of nitrogens with zero attached hydrogens (tertiary/aromatic N) is 1. The van der Waals surface area contributed by atoms with E-state index in [1.807, 2.05) is 104 Å². The van der Waals surface area contributed by atoms with Crippen LogP contribution in [0.4, 0.5) is 5.69 Å². The Hall–Kier alpha value is -3.53. The molecule has 1 heterocycles. The molecule has 0 aromatic heterocycles. The molecule has 0 bridgehead atoms. The first-order chi connectivity index (χ1) is 14.1. The third-order valence-corrected chi connectivity index (χ3v) is 5.18. The number of carbonyl (C=O) groups is 1. The van der Waals surface area contributed by atoms with E-state index in [2.05, 4.69) is 0 Å². The zero-order valence-electron chi connectivity index (χ0n) is 16.5. The Kier molecular flexibility index (Phi) is 5.09. The molecule has 1 aliphatic rings. The molecule has 4 nitrogen and oxygen atoms in total. The van der Waals surface area contributed by atoms with Crippen LogP contribution in [0.1, 0.15) is 12.5 Å². The Morgan fingerprint density at radius 1 is 0.862 bits per heavy atom. The molecule has 1 fully saturated rings. The monoisotopic (exact) mass is 385 g/mol. The van der Waals surface area contributed by atoms with Gasteiger partial charge in [-0.05, 0) is 48.9 Å². The van der Waals surface area contributed by atoms with Crippen LogP contribution in [0, 0.1) is 0 Å². The van der Waals surface area contributed by atoms with E-state index < -0.39 is 5.60 Å². The predicted octanol–water partition coefficient (Wildman–Crippen LogP) is 4.96. The van der Waals surface area contributed by atoms with Crippen LogP contribution in [0.15, 0.2) is 91.0 Å². The van der Waals surface area contributed by atoms with Crippen molar-refractivity contribution in [1.82, 2.24) is 0 Å². The zero-order chi connectivity index (χ0) is 20.3. The quantitative estimate of drug-likeness (QED) is 0.563. The summed E-state index contributed by atoms with van der Waals surface area (Å²) in [6.07, 6.45) is 4.06. The number of rotatable bonds is 6. The van der Waals surface area contributed by atoms with Crippen molar-refractivity contribution in [3.63, 3.8) is 0 Å². The number of hydrogen-bond donors (Lipinski definition) is 0. The first-order valence-corrected chi connectivity index (χ1v) is 9.57. The van der Waals surface area contributed by atoms with Gasteiger partial charge in [0.1, 0.15) is 17.5 Å². The largest absolute Gasteiger partial charge is 0.497 e. The Morgan fingerprint density at radius 3 is 2.10 bits per heavy atom. The lowest BCUT2D eigenvalue weighted by atomic mass is 9.82. The molecule has 4 rings (SSSR count). The average molecular weight is 385 g/mol. The van der Waals surface area contributed by atoms with E-state index in [0.717, 1.165) is 17.0 Å². The first kappa shape index (κ1) is 18.8. The van der Waals surface area contributed by atoms with Crippen molar-refractivity contribution in [3.8, 4) is 11.5 Å². The fourth-order valence-corrected chi connectivity index (χ4v) is 3.57. The second kappa shape index (κ2) is 7.84. The van der Waals surface area contributed by atoms with Crippen LogP contribution in [0.5, 0.6) is 11.5 Å². The van der Waals surface area contributed by atoms with E-state index in [4.69, 9.17) is 9.47 Å². The maximum atomic E-state index is 13.2. The highest BCUT2D eigenvalue weighted by atomic mass is 16.5. The highest BCUT2D eigenvalue weighted by molar-refractivity contribution is 6.09. The average Bonchev–Trinajstić information content (AvgIpc) is 2.77. The molecule has 1 aliphatic heterocycles. The number of carbonyl (C=O) groups excluding carboxylic acids is 1. The van der Waals surface area contributed by atoms with E-state index in [1.54, 1.807) is 12.0 Å². The topological polar surface area (TPSA) is 38.8 Å². The highest BCUT2D eigenvalue weighted by Crippen LogP contribution is 2.40. The second-order valence-electron chi connectivity index (χ2n) is 7.11. The van der Waals surface area contributed by atoms with Crippen LogP contribution in [0.25, 0.3) is 6.08 Å². The lowest BCUT2D eigenvalue weighted by Gasteiger charge is -2.52. The van der Waals surface area contributed by atoms with Crippen molar-refractivity contribution in [2.24, 2.45) is 0 Å². The van der Waals surface area contributed by atoms with E-state index in [1.165, 1.54) is 0 Å². The van der Waals surface area contributed by atoms with Gasteiger partial charge in [-0.25, -0.2) is 0 Å². The van der Waals surface area contributed by atoms with Crippen LogP contribution in [-0.4, -0.2) is 24.7 Å². The van der Waals surface area contributed by atoms with Crippen LogP contribution in [0.3, 0.4) is 0 Å². The van der Waals surface area contributed by atoms with Crippen molar-refractivity contribution in [2.75, 3.05) is 12.0 Å². The van der Waals surface area contributed by atoms with E-state index in [0.29, 0.717) is 5.75 Å². The number of hydrogen-bond acceptors (Lipinski definition) is 3. The van der Waals surface area contributed by atoms with Crippen molar-refractivity contribution >= 4 is 17.7 Å². The van der Waals surface area contributed by atoms with Gasteiger partial charge in [0, 0.05) is 5.69 Å². The summed E-state index contributed by atoms with van der Waals surface area (Å²) in [5, 5.41) is 0. The van der Waals surface area contributed by atoms with Crippen LogP contribution in [-0.2, 0) is 4.79 Å². The van der Waals surface area contributed by atoms with Gasteiger partial charge < -0.3 is 9.47 Å². The predicted molar refractivity (Wildman–Crippen MR) is 115 cm³/mol. The van der Waals surface area contributed by atoms with Gasteiger partial charge in [0.15, 0.2) is 0 Å². The number of anilines is 1. The minimum atomic E-state index is -0.980. The van der Waals surface area contributed by atoms with Gasteiger partial charge >= 0.3 is 0 Å². The maximum absolute atomic E-state index is 13.2. The minimum absolute atomic E-state index is 0.0748.